The van der Waals surface area contributed by atoms with Gasteiger partial charge in [-0.25, -0.2) is 4.79 Å². The van der Waals surface area contributed by atoms with Gasteiger partial charge in [-0.3, -0.25) is 4.79 Å². The third kappa shape index (κ3) is 4.36. The van der Waals surface area contributed by atoms with Crippen molar-refractivity contribution < 1.29 is 19.1 Å². The number of anilines is 1. The van der Waals surface area contributed by atoms with Crippen LogP contribution in [0.25, 0.3) is 11.1 Å². The van der Waals surface area contributed by atoms with Gasteiger partial charge >= 0.3 is 5.97 Å². The van der Waals surface area contributed by atoms with Crippen molar-refractivity contribution in [1.82, 2.24) is 0 Å². The standard InChI is InChI=1S/C21H18INO4S/c1-3-27-21(25)18-16(13-8-10-14(26-2)11-9-13)12-28-20(18)23-19(24)15-6-4-5-7-17(15)22/h4-12H,3H2,1-2H3,(H,23,24). The molecule has 1 heterocycles. The molecule has 0 aliphatic rings. The second-order valence-electron chi connectivity index (χ2n) is 5.74. The molecule has 0 atom stereocenters. The molecule has 0 unspecified atom stereocenters. The molecule has 0 saturated carbocycles. The van der Waals surface area contributed by atoms with E-state index in [1.165, 1.54) is 11.3 Å². The Morgan fingerprint density at radius 2 is 1.82 bits per heavy atom. The first-order valence-electron chi connectivity index (χ1n) is 8.54. The monoisotopic (exact) mass is 507 g/mol. The zero-order valence-corrected chi connectivity index (χ0v) is 18.3. The number of ether oxygens (including phenoxy) is 2. The van der Waals surface area contributed by atoms with Gasteiger partial charge in [-0.2, -0.15) is 0 Å². The van der Waals surface area contributed by atoms with Crippen molar-refractivity contribution in [2.45, 2.75) is 6.92 Å². The minimum absolute atomic E-state index is 0.251. The summed E-state index contributed by atoms with van der Waals surface area (Å²) >= 11 is 3.41. The highest BCUT2D eigenvalue weighted by atomic mass is 127. The Hall–Kier alpha value is -2.39. The van der Waals surface area contributed by atoms with Crippen molar-refractivity contribution in [3.05, 3.63) is 68.6 Å². The van der Waals surface area contributed by atoms with E-state index in [9.17, 15) is 9.59 Å². The van der Waals surface area contributed by atoms with Gasteiger partial charge < -0.3 is 14.8 Å². The molecule has 0 fully saturated rings. The molecule has 7 heteroatoms. The summed E-state index contributed by atoms with van der Waals surface area (Å²) in [4.78, 5) is 25.4. The van der Waals surface area contributed by atoms with Crippen LogP contribution in [-0.4, -0.2) is 25.6 Å². The Bertz CT molecular complexity index is 998. The van der Waals surface area contributed by atoms with Gasteiger partial charge in [-0.05, 0) is 59.3 Å². The molecular weight excluding hydrogens is 489 g/mol. The molecule has 0 spiro atoms. The maximum Gasteiger partial charge on any atom is 0.341 e. The minimum Gasteiger partial charge on any atom is -0.497 e. The minimum atomic E-state index is -0.465. The fourth-order valence-corrected chi connectivity index (χ4v) is 4.24. The average Bonchev–Trinajstić information content (AvgIpc) is 3.12. The summed E-state index contributed by atoms with van der Waals surface area (Å²) in [6.07, 6.45) is 0. The molecule has 0 bridgehead atoms. The molecule has 1 N–H and O–H groups in total. The van der Waals surface area contributed by atoms with Crippen molar-refractivity contribution in [3.63, 3.8) is 0 Å². The summed E-state index contributed by atoms with van der Waals surface area (Å²) in [5.41, 5.74) is 2.47. The second kappa shape index (κ2) is 9.20. The Labute approximate surface area is 180 Å². The lowest BCUT2D eigenvalue weighted by molar-refractivity contribution is 0.0529. The molecule has 2 aromatic carbocycles. The van der Waals surface area contributed by atoms with Gasteiger partial charge in [-0.1, -0.05) is 24.3 Å². The number of hydrogen-bond donors (Lipinski definition) is 1. The van der Waals surface area contributed by atoms with Gasteiger partial charge in [0.05, 0.1) is 19.3 Å². The highest BCUT2D eigenvalue weighted by molar-refractivity contribution is 14.1. The van der Waals surface area contributed by atoms with Gasteiger partial charge in [0, 0.05) is 14.5 Å². The number of nitrogens with one attached hydrogen (secondary N) is 1. The van der Waals surface area contributed by atoms with E-state index in [0.717, 1.165) is 14.9 Å². The quantitative estimate of drug-likeness (QED) is 0.356. The number of esters is 1. The van der Waals surface area contributed by atoms with E-state index in [0.29, 0.717) is 21.7 Å². The molecular formula is C21H18INO4S. The van der Waals surface area contributed by atoms with Crippen molar-refractivity contribution in [2.75, 3.05) is 19.0 Å². The van der Waals surface area contributed by atoms with Crippen LogP contribution in [-0.2, 0) is 4.74 Å². The normalized spacial score (nSPS) is 10.4. The molecule has 3 aromatic rings. The molecule has 0 saturated heterocycles. The molecule has 3 rings (SSSR count). The molecule has 1 aromatic heterocycles. The largest absolute Gasteiger partial charge is 0.497 e. The number of carbonyl (C=O) groups excluding carboxylic acids is 2. The van der Waals surface area contributed by atoms with Crippen LogP contribution in [0.3, 0.4) is 0 Å². The Kier molecular flexibility index (Phi) is 6.69. The number of benzene rings is 2. The fraction of sp³-hybridized carbons (Fsp3) is 0.143. The van der Waals surface area contributed by atoms with E-state index < -0.39 is 5.97 Å². The van der Waals surface area contributed by atoms with Crippen LogP contribution in [0.1, 0.15) is 27.6 Å². The summed E-state index contributed by atoms with van der Waals surface area (Å²) in [5, 5.41) is 5.18. The van der Waals surface area contributed by atoms with Gasteiger partial charge in [0.15, 0.2) is 0 Å². The highest BCUT2D eigenvalue weighted by Gasteiger charge is 2.23. The number of amides is 1. The van der Waals surface area contributed by atoms with Crippen LogP contribution in [0.15, 0.2) is 53.9 Å². The second-order valence-corrected chi connectivity index (χ2v) is 7.78. The summed E-state index contributed by atoms with van der Waals surface area (Å²) in [6.45, 7) is 2.00. The predicted octanol–water partition coefficient (Wildman–Crippen LogP) is 5.46. The summed E-state index contributed by atoms with van der Waals surface area (Å²) in [7, 11) is 1.60. The number of carbonyl (C=O) groups is 2. The molecule has 28 heavy (non-hydrogen) atoms. The zero-order valence-electron chi connectivity index (χ0n) is 15.3. The maximum atomic E-state index is 12.7. The first-order valence-corrected chi connectivity index (χ1v) is 10.5. The highest BCUT2D eigenvalue weighted by Crippen LogP contribution is 2.37. The molecule has 0 radical (unpaired) electrons. The number of rotatable bonds is 6. The number of thiophene rings is 1. The molecule has 144 valence electrons. The Morgan fingerprint density at radius 3 is 2.46 bits per heavy atom. The SMILES string of the molecule is CCOC(=O)c1c(-c2ccc(OC)cc2)csc1NC(=O)c1ccccc1I. The predicted molar refractivity (Wildman–Crippen MR) is 119 cm³/mol. The van der Waals surface area contributed by atoms with E-state index in [4.69, 9.17) is 9.47 Å². The van der Waals surface area contributed by atoms with E-state index in [1.807, 2.05) is 41.8 Å². The Balaban J connectivity index is 1.99. The first-order chi connectivity index (χ1) is 13.5. The number of methoxy groups -OCH3 is 1. The van der Waals surface area contributed by atoms with Crippen LogP contribution < -0.4 is 10.1 Å². The molecule has 0 aliphatic carbocycles. The van der Waals surface area contributed by atoms with Gasteiger partial charge in [0.1, 0.15) is 16.3 Å². The van der Waals surface area contributed by atoms with Gasteiger partial charge in [0.25, 0.3) is 5.91 Å². The van der Waals surface area contributed by atoms with Crippen molar-refractivity contribution in [2.24, 2.45) is 0 Å². The lowest BCUT2D eigenvalue weighted by Crippen LogP contribution is -2.15. The van der Waals surface area contributed by atoms with Gasteiger partial charge in [-0.15, -0.1) is 11.3 Å². The molecule has 0 aliphatic heterocycles. The van der Waals surface area contributed by atoms with Crippen LogP contribution in [0.2, 0.25) is 0 Å². The van der Waals surface area contributed by atoms with Crippen LogP contribution in [0.5, 0.6) is 5.75 Å². The Morgan fingerprint density at radius 1 is 1.11 bits per heavy atom. The van der Waals surface area contributed by atoms with E-state index in [2.05, 4.69) is 27.9 Å². The first kappa shape index (κ1) is 20.3. The van der Waals surface area contributed by atoms with Crippen molar-refractivity contribution in [1.29, 1.82) is 0 Å². The smallest absolute Gasteiger partial charge is 0.341 e. The number of hydrogen-bond acceptors (Lipinski definition) is 5. The van der Waals surface area contributed by atoms with E-state index in [1.54, 1.807) is 26.2 Å². The van der Waals surface area contributed by atoms with Crippen LogP contribution >= 0.6 is 33.9 Å². The molecule has 1 amide bonds. The van der Waals surface area contributed by atoms with Crippen LogP contribution in [0, 0.1) is 3.57 Å². The lowest BCUT2D eigenvalue weighted by Gasteiger charge is -2.10. The van der Waals surface area contributed by atoms with Crippen molar-refractivity contribution in [3.8, 4) is 16.9 Å². The van der Waals surface area contributed by atoms with Crippen molar-refractivity contribution >= 4 is 50.8 Å². The van der Waals surface area contributed by atoms with Crippen LogP contribution in [0.4, 0.5) is 5.00 Å². The summed E-state index contributed by atoms with van der Waals surface area (Å²) in [5.74, 6) is -0.00449. The molecule has 5 nitrogen and oxygen atoms in total. The topological polar surface area (TPSA) is 64.6 Å². The third-order valence-corrected chi connectivity index (χ3v) is 5.85. The van der Waals surface area contributed by atoms with Gasteiger partial charge in [0.2, 0.25) is 0 Å². The summed E-state index contributed by atoms with van der Waals surface area (Å²) in [6, 6.07) is 14.7. The lowest BCUT2D eigenvalue weighted by atomic mass is 10.0. The van der Waals surface area contributed by atoms with E-state index in [-0.39, 0.29) is 12.5 Å². The maximum absolute atomic E-state index is 12.7. The zero-order chi connectivity index (χ0) is 20.1. The third-order valence-electron chi connectivity index (χ3n) is 4.02. The fourth-order valence-electron chi connectivity index (χ4n) is 2.65. The average molecular weight is 507 g/mol. The number of halogens is 1. The van der Waals surface area contributed by atoms with E-state index >= 15 is 0 Å². The summed E-state index contributed by atoms with van der Waals surface area (Å²) < 4.78 is 11.3.